The molecule has 122 valence electrons. The highest BCUT2D eigenvalue weighted by atomic mass is 32.2. The van der Waals surface area contributed by atoms with Crippen LogP contribution in [0.4, 0.5) is 9.93 Å². The van der Waals surface area contributed by atoms with E-state index in [4.69, 9.17) is 4.74 Å². The van der Waals surface area contributed by atoms with Crippen molar-refractivity contribution in [3.8, 4) is 0 Å². The Bertz CT molecular complexity index is 503. The molecule has 0 bridgehead atoms. The largest absolute Gasteiger partial charge is 0.465 e. The average Bonchev–Trinajstić information content (AvgIpc) is 2.94. The van der Waals surface area contributed by atoms with Crippen molar-refractivity contribution in [2.75, 3.05) is 17.7 Å². The van der Waals surface area contributed by atoms with Gasteiger partial charge in [-0.05, 0) is 19.8 Å². The summed E-state index contributed by atoms with van der Waals surface area (Å²) in [5.41, 5.74) is 0. The number of nitrogens with one attached hydrogen (secondary N) is 2. The van der Waals surface area contributed by atoms with Crippen LogP contribution in [0, 0.1) is 0 Å². The molecule has 22 heavy (non-hydrogen) atoms. The van der Waals surface area contributed by atoms with E-state index < -0.39 is 0 Å². The minimum atomic E-state index is -0.285. The van der Waals surface area contributed by atoms with E-state index in [1.807, 2.05) is 0 Å². The molecule has 1 heterocycles. The molecule has 0 aliphatic heterocycles. The van der Waals surface area contributed by atoms with Crippen LogP contribution in [0.25, 0.3) is 0 Å². The molecule has 9 heteroatoms. The van der Waals surface area contributed by atoms with E-state index in [9.17, 15) is 9.59 Å². The van der Waals surface area contributed by atoms with Crippen molar-refractivity contribution in [3.63, 3.8) is 0 Å². The Kier molecular flexibility index (Phi) is 6.91. The molecule has 2 rings (SSSR count). The zero-order chi connectivity index (χ0) is 15.8. The van der Waals surface area contributed by atoms with Crippen LogP contribution in [0.15, 0.2) is 4.34 Å². The summed E-state index contributed by atoms with van der Waals surface area (Å²) in [7, 11) is 0. The predicted octanol–water partition coefficient (Wildman–Crippen LogP) is 2.65. The fraction of sp³-hybridized carbons (Fsp3) is 0.692. The number of thioether (sulfide) groups is 1. The number of amides is 2. The Hall–Kier alpha value is -1.35. The maximum atomic E-state index is 11.9. The summed E-state index contributed by atoms with van der Waals surface area (Å²) < 4.78 is 5.46. The SMILES string of the molecule is CCOC(=O)CSc1nnc(NC(=O)NC2CCCCC2)s1. The van der Waals surface area contributed by atoms with Crippen LogP contribution in [0.1, 0.15) is 39.0 Å². The molecule has 1 aromatic heterocycles. The molecule has 2 N–H and O–H groups in total. The summed E-state index contributed by atoms with van der Waals surface area (Å²) >= 11 is 2.50. The summed E-state index contributed by atoms with van der Waals surface area (Å²) in [6.45, 7) is 2.13. The Morgan fingerprint density at radius 3 is 2.82 bits per heavy atom. The number of hydrogen-bond acceptors (Lipinski definition) is 7. The number of rotatable bonds is 6. The van der Waals surface area contributed by atoms with Crippen molar-refractivity contribution in [2.45, 2.75) is 49.4 Å². The highest BCUT2D eigenvalue weighted by molar-refractivity contribution is 8.01. The molecule has 1 aliphatic carbocycles. The van der Waals surface area contributed by atoms with E-state index in [2.05, 4.69) is 20.8 Å². The van der Waals surface area contributed by atoms with Crippen LogP contribution in [-0.2, 0) is 9.53 Å². The maximum Gasteiger partial charge on any atom is 0.321 e. The molecule has 0 unspecified atom stereocenters. The van der Waals surface area contributed by atoms with Gasteiger partial charge in [0.25, 0.3) is 0 Å². The third-order valence-electron chi connectivity index (χ3n) is 3.19. The first kappa shape index (κ1) is 17.0. The quantitative estimate of drug-likeness (QED) is 0.468. The topological polar surface area (TPSA) is 93.2 Å². The lowest BCUT2D eigenvalue weighted by molar-refractivity contribution is -0.139. The molecular weight excluding hydrogens is 324 g/mol. The molecule has 0 saturated heterocycles. The maximum absolute atomic E-state index is 11.9. The minimum Gasteiger partial charge on any atom is -0.465 e. The molecule has 0 aromatic carbocycles. The van der Waals surface area contributed by atoms with Crippen molar-refractivity contribution in [3.05, 3.63) is 0 Å². The van der Waals surface area contributed by atoms with E-state index in [1.54, 1.807) is 6.92 Å². The molecular formula is C13H20N4O3S2. The number of hydrogen-bond donors (Lipinski definition) is 2. The third-order valence-corrected chi connectivity index (χ3v) is 5.13. The van der Waals surface area contributed by atoms with Gasteiger partial charge in [-0.15, -0.1) is 10.2 Å². The molecule has 1 aromatic rings. The zero-order valence-electron chi connectivity index (χ0n) is 12.5. The molecule has 1 aliphatic rings. The van der Waals surface area contributed by atoms with Crippen molar-refractivity contribution in [2.24, 2.45) is 0 Å². The van der Waals surface area contributed by atoms with Crippen molar-refractivity contribution in [1.82, 2.24) is 15.5 Å². The van der Waals surface area contributed by atoms with E-state index in [0.29, 0.717) is 16.1 Å². The monoisotopic (exact) mass is 344 g/mol. The van der Waals surface area contributed by atoms with Crippen molar-refractivity contribution in [1.29, 1.82) is 0 Å². The van der Waals surface area contributed by atoms with Crippen LogP contribution in [-0.4, -0.2) is 40.6 Å². The number of ether oxygens (including phenoxy) is 1. The second-order valence-corrected chi connectivity index (χ2v) is 7.10. The second-order valence-electron chi connectivity index (χ2n) is 4.90. The van der Waals surface area contributed by atoms with Crippen molar-refractivity contribution >= 4 is 40.2 Å². The second kappa shape index (κ2) is 8.94. The first-order valence-electron chi connectivity index (χ1n) is 7.37. The normalized spacial score (nSPS) is 15.3. The summed E-state index contributed by atoms with van der Waals surface area (Å²) in [4.78, 5) is 23.1. The van der Waals surface area contributed by atoms with E-state index in [-0.39, 0.29) is 23.8 Å². The molecule has 0 atom stereocenters. The molecule has 0 spiro atoms. The number of urea groups is 1. The molecule has 0 radical (unpaired) electrons. The third kappa shape index (κ3) is 5.80. The Morgan fingerprint density at radius 1 is 1.32 bits per heavy atom. The van der Waals surface area contributed by atoms with Gasteiger partial charge in [0.1, 0.15) is 0 Å². The number of nitrogens with zero attached hydrogens (tertiary/aromatic N) is 2. The van der Waals surface area contributed by atoms with E-state index in [0.717, 1.165) is 12.8 Å². The Labute approximate surface area is 137 Å². The van der Waals surface area contributed by atoms with Gasteiger partial charge in [0.05, 0.1) is 12.4 Å². The Morgan fingerprint density at radius 2 is 2.09 bits per heavy atom. The molecule has 2 amide bonds. The van der Waals surface area contributed by atoms with Crippen LogP contribution in [0.3, 0.4) is 0 Å². The zero-order valence-corrected chi connectivity index (χ0v) is 14.1. The van der Waals surface area contributed by atoms with Crippen molar-refractivity contribution < 1.29 is 14.3 Å². The number of carbonyl (C=O) groups is 2. The number of aromatic nitrogens is 2. The van der Waals surface area contributed by atoms with Crippen LogP contribution in [0.2, 0.25) is 0 Å². The first-order chi connectivity index (χ1) is 10.7. The average molecular weight is 344 g/mol. The summed E-state index contributed by atoms with van der Waals surface area (Å²) in [6.07, 6.45) is 5.64. The Balaban J connectivity index is 1.73. The van der Waals surface area contributed by atoms with Gasteiger partial charge >= 0.3 is 12.0 Å². The fourth-order valence-corrected chi connectivity index (χ4v) is 3.75. The van der Waals surface area contributed by atoms with E-state index in [1.165, 1.54) is 42.4 Å². The standard InChI is InChI=1S/C13H20N4O3S2/c1-2-20-10(18)8-21-13-17-16-12(22-13)15-11(19)14-9-6-4-3-5-7-9/h9H,2-8H2,1H3,(H2,14,15,16,19). The van der Waals surface area contributed by atoms with E-state index >= 15 is 0 Å². The fourth-order valence-electron chi connectivity index (χ4n) is 2.21. The molecule has 7 nitrogen and oxygen atoms in total. The minimum absolute atomic E-state index is 0.191. The molecule has 1 saturated carbocycles. The smallest absolute Gasteiger partial charge is 0.321 e. The number of anilines is 1. The van der Waals surface area contributed by atoms with Gasteiger partial charge in [0, 0.05) is 6.04 Å². The summed E-state index contributed by atoms with van der Waals surface area (Å²) in [6, 6.07) is 0.00400. The van der Waals surface area contributed by atoms with Gasteiger partial charge in [-0.3, -0.25) is 10.1 Å². The number of carbonyl (C=O) groups excluding carboxylic acids is 2. The predicted molar refractivity (Wildman–Crippen MR) is 86.3 cm³/mol. The van der Waals surface area contributed by atoms with Crippen LogP contribution < -0.4 is 10.6 Å². The van der Waals surface area contributed by atoms with Gasteiger partial charge < -0.3 is 10.1 Å². The first-order valence-corrected chi connectivity index (χ1v) is 9.17. The van der Waals surface area contributed by atoms with Gasteiger partial charge in [0.2, 0.25) is 5.13 Å². The lowest BCUT2D eigenvalue weighted by Gasteiger charge is -2.22. The summed E-state index contributed by atoms with van der Waals surface area (Å²) in [5, 5.41) is 13.9. The van der Waals surface area contributed by atoms with Gasteiger partial charge in [-0.2, -0.15) is 0 Å². The highest BCUT2D eigenvalue weighted by Gasteiger charge is 2.16. The lowest BCUT2D eigenvalue weighted by atomic mass is 9.96. The molecule has 1 fully saturated rings. The van der Waals surface area contributed by atoms with Crippen LogP contribution in [0.5, 0.6) is 0 Å². The van der Waals surface area contributed by atoms with Crippen LogP contribution >= 0.6 is 23.1 Å². The van der Waals surface area contributed by atoms with Gasteiger partial charge in [0.15, 0.2) is 4.34 Å². The highest BCUT2D eigenvalue weighted by Crippen LogP contribution is 2.25. The van der Waals surface area contributed by atoms with Gasteiger partial charge in [-0.1, -0.05) is 42.4 Å². The summed E-state index contributed by atoms with van der Waals surface area (Å²) in [5.74, 6) is -0.0937. The van der Waals surface area contributed by atoms with Gasteiger partial charge in [-0.25, -0.2) is 4.79 Å². The lowest BCUT2D eigenvalue weighted by Crippen LogP contribution is -2.38. The number of esters is 1.